The van der Waals surface area contributed by atoms with Crippen LogP contribution >= 0.6 is 0 Å². The van der Waals surface area contributed by atoms with Crippen LogP contribution in [0.1, 0.15) is 0 Å². The monoisotopic (exact) mass is 222 g/mol. The van der Waals surface area contributed by atoms with Gasteiger partial charge in [0.2, 0.25) is 0 Å². The number of hydrogen-bond donors (Lipinski definition) is 0. The molecule has 0 aliphatic carbocycles. The van der Waals surface area contributed by atoms with Crippen LogP contribution in [0.4, 0.5) is 0 Å². The van der Waals surface area contributed by atoms with E-state index in [2.05, 4.69) is 21.4 Å². The zero-order valence-corrected chi connectivity index (χ0v) is 8.86. The van der Waals surface area contributed by atoms with Gasteiger partial charge in [-0.25, -0.2) is 5.10 Å². The van der Waals surface area contributed by atoms with Gasteiger partial charge in [-0.15, -0.1) is 6.20 Å². The number of rotatable bonds is 0. The molecule has 0 atom stereocenters. The van der Waals surface area contributed by atoms with Crippen LogP contribution in [0, 0.1) is 6.20 Å². The van der Waals surface area contributed by atoms with Gasteiger partial charge >= 0.3 is 0 Å². The van der Waals surface area contributed by atoms with E-state index in [0.717, 1.165) is 11.0 Å². The summed E-state index contributed by atoms with van der Waals surface area (Å²) >= 11 is 0. The second-order valence-corrected chi connectivity index (χ2v) is 2.05. The standard InChI is InChI=1S/C6H5N4.Y/c1-10-2-5-6(3-10)9-8-4-7-5;/h3-4H,1H3;/q-1;. The van der Waals surface area contributed by atoms with E-state index in [-0.39, 0.29) is 32.7 Å². The van der Waals surface area contributed by atoms with Gasteiger partial charge in [0.25, 0.3) is 0 Å². The van der Waals surface area contributed by atoms with E-state index < -0.39 is 0 Å². The van der Waals surface area contributed by atoms with Gasteiger partial charge in [-0.1, -0.05) is 6.20 Å². The van der Waals surface area contributed by atoms with Gasteiger partial charge in [0.05, 0.1) is 0 Å². The van der Waals surface area contributed by atoms with Crippen LogP contribution in [0.5, 0.6) is 0 Å². The Morgan fingerprint density at radius 3 is 3.09 bits per heavy atom. The fourth-order valence-electron chi connectivity index (χ4n) is 0.841. The van der Waals surface area contributed by atoms with Crippen LogP contribution in [-0.2, 0) is 39.8 Å². The van der Waals surface area contributed by atoms with Crippen molar-refractivity contribution in [1.82, 2.24) is 19.7 Å². The van der Waals surface area contributed by atoms with Gasteiger partial charge in [-0.05, 0) is 18.1 Å². The Morgan fingerprint density at radius 2 is 2.36 bits per heavy atom. The molecule has 5 heteroatoms. The zero-order chi connectivity index (χ0) is 6.97. The molecule has 2 aromatic rings. The Hall–Kier alpha value is -0.346. The van der Waals surface area contributed by atoms with Crippen LogP contribution in [-0.4, -0.2) is 19.7 Å². The van der Waals surface area contributed by atoms with Gasteiger partial charge in [-0.2, -0.15) is 5.10 Å². The Balaban J connectivity index is 0.000000605. The largest absolute Gasteiger partial charge is 0.470 e. The smallest absolute Gasteiger partial charge is 0.134 e. The van der Waals surface area contributed by atoms with Crippen molar-refractivity contribution in [2.45, 2.75) is 0 Å². The maximum atomic E-state index is 3.95. The molecule has 0 N–H and O–H groups in total. The molecule has 2 aromatic heterocycles. The first-order chi connectivity index (χ1) is 4.86. The second-order valence-electron chi connectivity index (χ2n) is 2.05. The molecular weight excluding hydrogens is 217 g/mol. The quantitative estimate of drug-likeness (QED) is 0.596. The van der Waals surface area contributed by atoms with Crippen LogP contribution in [0.25, 0.3) is 11.0 Å². The van der Waals surface area contributed by atoms with Gasteiger partial charge in [0.1, 0.15) is 6.33 Å². The van der Waals surface area contributed by atoms with Crippen molar-refractivity contribution in [2.75, 3.05) is 0 Å². The van der Waals surface area contributed by atoms with E-state index >= 15 is 0 Å². The molecule has 0 spiro atoms. The van der Waals surface area contributed by atoms with E-state index in [1.165, 1.54) is 6.33 Å². The summed E-state index contributed by atoms with van der Waals surface area (Å²) < 4.78 is 1.78. The number of aryl methyl sites for hydroxylation is 1. The maximum Gasteiger partial charge on any atom is 0.134 e. The predicted molar refractivity (Wildman–Crippen MR) is 35.1 cm³/mol. The molecule has 0 fully saturated rings. The first-order valence-corrected chi connectivity index (χ1v) is 2.88. The van der Waals surface area contributed by atoms with Crippen LogP contribution in [0.15, 0.2) is 12.5 Å². The van der Waals surface area contributed by atoms with Crippen molar-refractivity contribution >= 4 is 11.0 Å². The van der Waals surface area contributed by atoms with Crippen LogP contribution in [0.2, 0.25) is 0 Å². The van der Waals surface area contributed by atoms with Crippen molar-refractivity contribution in [3.8, 4) is 0 Å². The van der Waals surface area contributed by atoms with Gasteiger partial charge < -0.3 is 4.57 Å². The molecule has 1 radical (unpaired) electrons. The number of fused-ring (bicyclic) bond motifs is 1. The molecule has 2 rings (SSSR count). The number of nitrogens with zero attached hydrogens (tertiary/aromatic N) is 4. The molecule has 0 saturated carbocycles. The van der Waals surface area contributed by atoms with Crippen LogP contribution < -0.4 is 0 Å². The molecule has 2 heterocycles. The molecule has 0 aliphatic heterocycles. The minimum absolute atomic E-state index is 0. The second kappa shape index (κ2) is 3.37. The number of hydrogen-bond acceptors (Lipinski definition) is 3. The van der Waals surface area contributed by atoms with Crippen molar-refractivity contribution in [3.63, 3.8) is 0 Å². The first-order valence-electron chi connectivity index (χ1n) is 2.88. The Labute approximate surface area is 88.9 Å². The summed E-state index contributed by atoms with van der Waals surface area (Å²) in [6, 6.07) is 0. The van der Waals surface area contributed by atoms with E-state index in [1.807, 2.05) is 13.2 Å². The topological polar surface area (TPSA) is 43.6 Å². The summed E-state index contributed by atoms with van der Waals surface area (Å²) in [5.74, 6) is 0. The average Bonchev–Trinajstić information content (AvgIpc) is 2.27. The van der Waals surface area contributed by atoms with Gasteiger partial charge in [-0.3, -0.25) is 4.98 Å². The molecule has 0 aromatic carbocycles. The molecule has 11 heavy (non-hydrogen) atoms. The minimum Gasteiger partial charge on any atom is -0.470 e. The fraction of sp³-hybridized carbons (Fsp3) is 0.167. The molecule has 53 valence electrons. The van der Waals surface area contributed by atoms with Gasteiger partial charge in [0.15, 0.2) is 0 Å². The van der Waals surface area contributed by atoms with Crippen LogP contribution in [0.3, 0.4) is 0 Å². The molecule has 0 amide bonds. The third kappa shape index (κ3) is 1.63. The summed E-state index contributed by atoms with van der Waals surface area (Å²) in [7, 11) is 1.88. The van der Waals surface area contributed by atoms with Gasteiger partial charge in [0, 0.05) is 32.7 Å². The normalized spacial score (nSPS) is 9.55. The van der Waals surface area contributed by atoms with E-state index in [4.69, 9.17) is 0 Å². The van der Waals surface area contributed by atoms with Crippen molar-refractivity contribution in [1.29, 1.82) is 0 Å². The molecule has 0 unspecified atom stereocenters. The third-order valence-corrected chi connectivity index (χ3v) is 1.24. The predicted octanol–water partition coefficient (Wildman–Crippen LogP) is 0.161. The zero-order valence-electron chi connectivity index (χ0n) is 6.02. The fourth-order valence-corrected chi connectivity index (χ4v) is 0.841. The first kappa shape index (κ1) is 8.75. The molecule has 4 nitrogen and oxygen atoms in total. The molecule has 0 saturated heterocycles. The van der Waals surface area contributed by atoms with E-state index in [1.54, 1.807) is 4.57 Å². The van der Waals surface area contributed by atoms with Crippen molar-refractivity contribution < 1.29 is 32.7 Å². The Kier molecular flexibility index (Phi) is 2.68. The molecular formula is C6H5N4Y-. The van der Waals surface area contributed by atoms with Crippen molar-refractivity contribution in [2.24, 2.45) is 7.05 Å². The summed E-state index contributed by atoms with van der Waals surface area (Å²) in [4.78, 5) is 3.95. The summed E-state index contributed by atoms with van der Waals surface area (Å²) in [5, 5.41) is 7.47. The average molecular weight is 222 g/mol. The Morgan fingerprint density at radius 1 is 1.55 bits per heavy atom. The minimum atomic E-state index is 0. The van der Waals surface area contributed by atoms with E-state index in [9.17, 15) is 0 Å². The maximum absolute atomic E-state index is 3.95. The Bertz CT molecular complexity index is 323. The molecule has 0 aliphatic rings. The van der Waals surface area contributed by atoms with Crippen molar-refractivity contribution in [3.05, 3.63) is 18.7 Å². The van der Waals surface area contributed by atoms with E-state index in [0.29, 0.717) is 0 Å². The molecule has 0 bridgehead atoms. The summed E-state index contributed by atoms with van der Waals surface area (Å²) in [6.45, 7) is 0. The summed E-state index contributed by atoms with van der Waals surface area (Å²) in [6.07, 6.45) is 6.21. The number of aromatic nitrogens is 4. The third-order valence-electron chi connectivity index (χ3n) is 1.24. The SMILES string of the molecule is Cn1[c-]c2ncnnc2c1.[Y]. The summed E-state index contributed by atoms with van der Waals surface area (Å²) in [5.41, 5.74) is 1.54.